The van der Waals surface area contributed by atoms with Gasteiger partial charge in [-0.15, -0.1) is 10.2 Å². The van der Waals surface area contributed by atoms with E-state index in [4.69, 9.17) is 10.00 Å². The quantitative estimate of drug-likeness (QED) is 0.720. The molecule has 0 N–H and O–H groups in total. The Morgan fingerprint density at radius 3 is 2.77 bits per heavy atom. The third kappa shape index (κ3) is 3.27. The van der Waals surface area contributed by atoms with Gasteiger partial charge in [0.25, 0.3) is 0 Å². The summed E-state index contributed by atoms with van der Waals surface area (Å²) in [5.74, 6) is 1.24. The first-order chi connectivity index (χ1) is 10.8. The Kier molecular flexibility index (Phi) is 4.07. The number of nitriles is 1. The van der Waals surface area contributed by atoms with Crippen LogP contribution in [0.4, 0.5) is 0 Å². The highest BCUT2D eigenvalue weighted by Gasteiger charge is 2.05. The third-order valence-corrected chi connectivity index (χ3v) is 3.01. The lowest BCUT2D eigenvalue weighted by atomic mass is 10.2. The molecule has 1 heterocycles. The summed E-state index contributed by atoms with van der Waals surface area (Å²) in [6.45, 7) is 0.885. The number of benzene rings is 2. The Hall–Kier alpha value is -3.20. The average molecular weight is 291 g/mol. The standard InChI is InChI=1S/C16H13N5O/c17-12-13-5-4-8-15(11-13)22-10-9-21-19-16(18-20-21)14-6-2-1-3-7-14/h1-8,11H,9-10H2. The molecule has 1 aromatic heterocycles. The van der Waals surface area contributed by atoms with E-state index in [1.165, 1.54) is 4.80 Å². The number of nitrogens with zero attached hydrogens (tertiary/aromatic N) is 5. The van der Waals surface area contributed by atoms with Crippen LogP contribution >= 0.6 is 0 Å². The van der Waals surface area contributed by atoms with E-state index in [0.29, 0.717) is 30.3 Å². The minimum absolute atomic E-state index is 0.402. The molecule has 0 unspecified atom stereocenters. The molecule has 0 saturated carbocycles. The van der Waals surface area contributed by atoms with Crippen molar-refractivity contribution in [3.63, 3.8) is 0 Å². The molecule has 6 nitrogen and oxygen atoms in total. The minimum atomic E-state index is 0.402. The van der Waals surface area contributed by atoms with Crippen LogP contribution in [0.1, 0.15) is 5.56 Å². The van der Waals surface area contributed by atoms with Crippen LogP contribution in [0.15, 0.2) is 54.6 Å². The Labute approximate surface area is 127 Å². The maximum Gasteiger partial charge on any atom is 0.204 e. The van der Waals surface area contributed by atoms with Crippen LogP contribution in [0.25, 0.3) is 11.4 Å². The summed E-state index contributed by atoms with van der Waals surface area (Å²) >= 11 is 0. The first-order valence-corrected chi connectivity index (χ1v) is 6.81. The topological polar surface area (TPSA) is 76.6 Å². The molecule has 0 radical (unpaired) electrons. The van der Waals surface area contributed by atoms with Crippen LogP contribution < -0.4 is 4.74 Å². The summed E-state index contributed by atoms with van der Waals surface area (Å²) in [5, 5.41) is 21.2. The molecule has 2 aromatic carbocycles. The van der Waals surface area contributed by atoms with Gasteiger partial charge in [0.1, 0.15) is 12.4 Å². The molecular weight excluding hydrogens is 278 g/mol. The van der Waals surface area contributed by atoms with Gasteiger partial charge in [0.05, 0.1) is 18.2 Å². The molecule has 0 aliphatic rings. The van der Waals surface area contributed by atoms with Crippen LogP contribution in [0.2, 0.25) is 0 Å². The highest BCUT2D eigenvalue weighted by Crippen LogP contribution is 2.13. The molecule has 108 valence electrons. The fourth-order valence-electron chi connectivity index (χ4n) is 1.94. The molecule has 0 bridgehead atoms. The van der Waals surface area contributed by atoms with Crippen molar-refractivity contribution in [2.24, 2.45) is 0 Å². The van der Waals surface area contributed by atoms with Gasteiger partial charge in [-0.1, -0.05) is 36.4 Å². The lowest BCUT2D eigenvalue weighted by molar-refractivity contribution is 0.280. The molecule has 6 heteroatoms. The molecule has 0 aliphatic heterocycles. The van der Waals surface area contributed by atoms with Crippen molar-refractivity contribution in [1.29, 1.82) is 5.26 Å². The van der Waals surface area contributed by atoms with E-state index in [2.05, 4.69) is 21.5 Å². The normalized spacial score (nSPS) is 10.1. The molecule has 0 fully saturated rings. The Bertz CT molecular complexity index is 792. The van der Waals surface area contributed by atoms with E-state index < -0.39 is 0 Å². The van der Waals surface area contributed by atoms with Gasteiger partial charge in [0.15, 0.2) is 0 Å². The van der Waals surface area contributed by atoms with E-state index >= 15 is 0 Å². The van der Waals surface area contributed by atoms with E-state index in [-0.39, 0.29) is 0 Å². The minimum Gasteiger partial charge on any atom is -0.492 e. The lowest BCUT2D eigenvalue weighted by Gasteiger charge is -2.05. The molecule has 0 atom stereocenters. The van der Waals surface area contributed by atoms with Crippen molar-refractivity contribution in [2.75, 3.05) is 6.61 Å². The smallest absolute Gasteiger partial charge is 0.204 e. The third-order valence-electron chi connectivity index (χ3n) is 3.01. The Balaban J connectivity index is 1.58. The van der Waals surface area contributed by atoms with Crippen molar-refractivity contribution >= 4 is 0 Å². The number of tetrazole rings is 1. The zero-order valence-corrected chi connectivity index (χ0v) is 11.8. The number of aromatic nitrogens is 4. The molecular formula is C16H13N5O. The summed E-state index contributed by atoms with van der Waals surface area (Å²) in [4.78, 5) is 1.50. The van der Waals surface area contributed by atoms with Crippen LogP contribution in [0.3, 0.4) is 0 Å². The molecule has 3 rings (SSSR count). The fourth-order valence-corrected chi connectivity index (χ4v) is 1.94. The first kappa shape index (κ1) is 13.8. The Morgan fingerprint density at radius 1 is 1.09 bits per heavy atom. The van der Waals surface area contributed by atoms with Crippen LogP contribution in [0, 0.1) is 11.3 Å². The SMILES string of the molecule is N#Cc1cccc(OCCn2nnc(-c3ccccc3)n2)c1. The Morgan fingerprint density at radius 2 is 1.95 bits per heavy atom. The van der Waals surface area contributed by atoms with Crippen molar-refractivity contribution < 1.29 is 4.74 Å². The van der Waals surface area contributed by atoms with Crippen molar-refractivity contribution in [2.45, 2.75) is 6.54 Å². The van der Waals surface area contributed by atoms with Gasteiger partial charge in [-0.25, -0.2) is 0 Å². The molecule has 3 aromatic rings. The largest absolute Gasteiger partial charge is 0.492 e. The summed E-state index contributed by atoms with van der Waals surface area (Å²) in [7, 11) is 0. The maximum absolute atomic E-state index is 8.84. The predicted molar refractivity (Wildman–Crippen MR) is 79.9 cm³/mol. The number of hydrogen-bond donors (Lipinski definition) is 0. The zero-order valence-electron chi connectivity index (χ0n) is 11.8. The summed E-state index contributed by atoms with van der Waals surface area (Å²) in [6.07, 6.45) is 0. The predicted octanol–water partition coefficient (Wildman–Crippen LogP) is 2.29. The molecule has 0 spiro atoms. The lowest BCUT2D eigenvalue weighted by Crippen LogP contribution is -2.11. The van der Waals surface area contributed by atoms with Gasteiger partial charge in [0.2, 0.25) is 5.82 Å². The first-order valence-electron chi connectivity index (χ1n) is 6.81. The van der Waals surface area contributed by atoms with Gasteiger partial charge in [0, 0.05) is 5.56 Å². The van der Waals surface area contributed by atoms with Crippen LogP contribution in [-0.2, 0) is 6.54 Å². The number of rotatable bonds is 5. The molecule has 22 heavy (non-hydrogen) atoms. The highest BCUT2D eigenvalue weighted by molar-refractivity contribution is 5.52. The van der Waals surface area contributed by atoms with Crippen molar-refractivity contribution in [1.82, 2.24) is 20.2 Å². The monoisotopic (exact) mass is 291 g/mol. The van der Waals surface area contributed by atoms with Crippen LogP contribution in [-0.4, -0.2) is 26.8 Å². The summed E-state index contributed by atoms with van der Waals surface area (Å²) < 4.78 is 5.59. The van der Waals surface area contributed by atoms with E-state index in [9.17, 15) is 0 Å². The molecule has 0 amide bonds. The fraction of sp³-hybridized carbons (Fsp3) is 0.125. The van der Waals surface area contributed by atoms with Gasteiger partial charge < -0.3 is 4.74 Å². The second-order valence-corrected chi connectivity index (χ2v) is 4.56. The van der Waals surface area contributed by atoms with Gasteiger partial charge in [-0.05, 0) is 23.4 Å². The molecule has 0 saturated heterocycles. The van der Waals surface area contributed by atoms with Crippen LogP contribution in [0.5, 0.6) is 5.75 Å². The second kappa shape index (κ2) is 6.50. The van der Waals surface area contributed by atoms with E-state index in [1.807, 2.05) is 36.4 Å². The maximum atomic E-state index is 8.84. The van der Waals surface area contributed by atoms with Crippen molar-refractivity contribution in [3.05, 3.63) is 60.2 Å². The number of ether oxygens (including phenoxy) is 1. The van der Waals surface area contributed by atoms with Gasteiger partial charge in [-0.3, -0.25) is 0 Å². The van der Waals surface area contributed by atoms with E-state index in [0.717, 1.165) is 5.56 Å². The number of hydrogen-bond acceptors (Lipinski definition) is 5. The highest BCUT2D eigenvalue weighted by atomic mass is 16.5. The second-order valence-electron chi connectivity index (χ2n) is 4.56. The zero-order chi connectivity index (χ0) is 15.2. The summed E-state index contributed by atoms with van der Waals surface area (Å²) in [5.41, 5.74) is 1.50. The summed E-state index contributed by atoms with van der Waals surface area (Å²) in [6, 6.07) is 18.8. The van der Waals surface area contributed by atoms with E-state index in [1.54, 1.807) is 18.2 Å². The van der Waals surface area contributed by atoms with Gasteiger partial charge >= 0.3 is 0 Å². The van der Waals surface area contributed by atoms with Crippen molar-refractivity contribution in [3.8, 4) is 23.2 Å². The average Bonchev–Trinajstić information content (AvgIpc) is 3.05. The van der Waals surface area contributed by atoms with Gasteiger partial charge in [-0.2, -0.15) is 10.1 Å². The molecule has 0 aliphatic carbocycles.